The quantitative estimate of drug-likeness (QED) is 0.731. The van der Waals surface area contributed by atoms with Crippen molar-refractivity contribution in [2.45, 2.75) is 19.9 Å². The molecule has 0 aromatic heterocycles. The predicted molar refractivity (Wildman–Crippen MR) is 119 cm³/mol. The van der Waals surface area contributed by atoms with Gasteiger partial charge >= 0.3 is 0 Å². The number of aryl methyl sites for hydroxylation is 1. The summed E-state index contributed by atoms with van der Waals surface area (Å²) in [6.45, 7) is 5.56. The minimum absolute atomic E-state index is 0.170. The van der Waals surface area contributed by atoms with Crippen LogP contribution >= 0.6 is 12.2 Å². The van der Waals surface area contributed by atoms with Gasteiger partial charge in [0.15, 0.2) is 5.11 Å². The molecule has 1 saturated heterocycles. The highest BCUT2D eigenvalue weighted by Gasteiger charge is 2.38. The van der Waals surface area contributed by atoms with E-state index < -0.39 is 17.7 Å². The second kappa shape index (κ2) is 8.72. The van der Waals surface area contributed by atoms with Crippen LogP contribution in [0, 0.1) is 18.6 Å². The van der Waals surface area contributed by atoms with Crippen molar-refractivity contribution < 1.29 is 18.3 Å². The summed E-state index contributed by atoms with van der Waals surface area (Å²) in [6.07, 6.45) is 0. The van der Waals surface area contributed by atoms with Crippen LogP contribution in [0.3, 0.4) is 0 Å². The molecule has 1 unspecified atom stereocenters. The lowest BCUT2D eigenvalue weighted by atomic mass is 9.93. The number of hydrogen-bond donors (Lipinski definition) is 1. The Morgan fingerprint density at radius 2 is 1.87 bits per heavy atom. The Morgan fingerprint density at radius 3 is 2.55 bits per heavy atom. The lowest BCUT2D eigenvalue weighted by Crippen LogP contribution is -2.51. The lowest BCUT2D eigenvalue weighted by molar-refractivity contribution is -0.131. The van der Waals surface area contributed by atoms with Crippen LogP contribution in [-0.4, -0.2) is 42.2 Å². The first-order valence-electron chi connectivity index (χ1n) is 10.1. The van der Waals surface area contributed by atoms with E-state index in [1.54, 1.807) is 16.7 Å². The monoisotopic (exact) mass is 443 g/mol. The summed E-state index contributed by atoms with van der Waals surface area (Å²) in [5, 5.41) is 3.46. The molecule has 1 amide bonds. The van der Waals surface area contributed by atoms with Crippen LogP contribution in [-0.2, 0) is 9.53 Å². The van der Waals surface area contributed by atoms with Crippen molar-refractivity contribution >= 4 is 28.9 Å². The van der Waals surface area contributed by atoms with Gasteiger partial charge in [0.25, 0.3) is 5.91 Å². The number of benzene rings is 2. The first-order valence-corrected chi connectivity index (χ1v) is 10.5. The van der Waals surface area contributed by atoms with Gasteiger partial charge in [0.1, 0.15) is 11.6 Å². The van der Waals surface area contributed by atoms with Gasteiger partial charge in [-0.05, 0) is 49.8 Å². The average Bonchev–Trinajstić information content (AvgIpc) is 2.74. The molecule has 2 aromatic carbocycles. The smallest absolute Gasteiger partial charge is 0.254 e. The zero-order chi connectivity index (χ0) is 22.1. The Hall–Kier alpha value is -2.84. The van der Waals surface area contributed by atoms with Crippen LogP contribution in [0.1, 0.15) is 24.1 Å². The van der Waals surface area contributed by atoms with E-state index in [1.165, 1.54) is 12.1 Å². The topological polar surface area (TPSA) is 44.8 Å². The Kier molecular flexibility index (Phi) is 6.02. The predicted octanol–water partition coefficient (Wildman–Crippen LogP) is 3.84. The number of hydrogen-bond acceptors (Lipinski definition) is 3. The Morgan fingerprint density at radius 1 is 1.13 bits per heavy atom. The van der Waals surface area contributed by atoms with Crippen molar-refractivity contribution in [3.8, 4) is 0 Å². The molecule has 2 aliphatic rings. The molecule has 4 rings (SSSR count). The van der Waals surface area contributed by atoms with Gasteiger partial charge in [-0.2, -0.15) is 0 Å². The molecule has 2 heterocycles. The summed E-state index contributed by atoms with van der Waals surface area (Å²) in [4.78, 5) is 17.1. The number of nitrogens with one attached hydrogen (secondary N) is 1. The maximum Gasteiger partial charge on any atom is 0.254 e. The van der Waals surface area contributed by atoms with Crippen LogP contribution in [0.15, 0.2) is 53.7 Å². The molecule has 31 heavy (non-hydrogen) atoms. The van der Waals surface area contributed by atoms with E-state index in [1.807, 2.05) is 31.2 Å². The molecule has 162 valence electrons. The van der Waals surface area contributed by atoms with Crippen molar-refractivity contribution in [2.24, 2.45) is 0 Å². The van der Waals surface area contributed by atoms with Crippen LogP contribution in [0.5, 0.6) is 0 Å². The number of carbonyl (C=O) groups is 1. The van der Waals surface area contributed by atoms with Crippen molar-refractivity contribution in [2.75, 3.05) is 31.2 Å². The molecular formula is C23H23F2N3O2S. The minimum Gasteiger partial charge on any atom is -0.378 e. The summed E-state index contributed by atoms with van der Waals surface area (Å²) in [7, 11) is 0. The Bertz CT molecular complexity index is 1070. The maximum atomic E-state index is 14.7. The number of amides is 1. The van der Waals surface area contributed by atoms with Crippen molar-refractivity contribution in [1.82, 2.24) is 10.2 Å². The lowest BCUT2D eigenvalue weighted by Gasteiger charge is -2.40. The Balaban J connectivity index is 1.85. The van der Waals surface area contributed by atoms with E-state index in [-0.39, 0.29) is 11.5 Å². The van der Waals surface area contributed by atoms with E-state index in [4.69, 9.17) is 17.0 Å². The summed E-state index contributed by atoms with van der Waals surface area (Å²) in [5.41, 5.74) is 3.01. The number of nitrogens with zero attached hydrogens (tertiary/aromatic N) is 2. The number of rotatable bonds is 3. The third-order valence-corrected chi connectivity index (χ3v) is 5.85. The number of carbonyl (C=O) groups excluding carboxylic acids is 1. The zero-order valence-electron chi connectivity index (χ0n) is 17.3. The molecule has 8 heteroatoms. The van der Waals surface area contributed by atoms with E-state index in [9.17, 15) is 13.6 Å². The SMILES string of the molecule is CC1=C(C(=O)N2CCOCC2)C(c2ccc(F)cc2F)NC(=S)N1c1cccc(C)c1. The number of morpholine rings is 1. The highest BCUT2D eigenvalue weighted by molar-refractivity contribution is 7.80. The van der Waals surface area contributed by atoms with E-state index in [0.717, 1.165) is 17.3 Å². The fraction of sp³-hybridized carbons (Fsp3) is 0.304. The largest absolute Gasteiger partial charge is 0.378 e. The molecule has 0 aliphatic carbocycles. The molecule has 1 N–H and O–H groups in total. The standard InChI is InChI=1S/C23H23F2N3O2S/c1-14-4-3-5-17(12-14)28-15(2)20(22(29)27-8-10-30-11-9-27)21(26-23(28)31)18-7-6-16(24)13-19(18)25/h3-7,12-13,21H,8-11H2,1-2H3,(H,26,31). The average molecular weight is 444 g/mol. The molecule has 0 spiro atoms. The second-order valence-electron chi connectivity index (χ2n) is 7.63. The van der Waals surface area contributed by atoms with Gasteiger partial charge in [0, 0.05) is 36.1 Å². The van der Waals surface area contributed by atoms with Gasteiger partial charge in [-0.25, -0.2) is 8.78 Å². The minimum atomic E-state index is -0.829. The summed E-state index contributed by atoms with van der Waals surface area (Å²) >= 11 is 5.61. The van der Waals surface area contributed by atoms with Crippen molar-refractivity contribution in [3.63, 3.8) is 0 Å². The number of anilines is 1. The van der Waals surface area contributed by atoms with Gasteiger partial charge in [0.05, 0.1) is 24.8 Å². The number of halogens is 2. The molecule has 0 radical (unpaired) electrons. The normalized spacial score (nSPS) is 19.5. The Labute approximate surface area is 185 Å². The number of thiocarbonyl (C=S) groups is 1. The van der Waals surface area contributed by atoms with Gasteiger partial charge in [0.2, 0.25) is 0 Å². The second-order valence-corrected chi connectivity index (χ2v) is 8.01. The molecule has 1 atom stereocenters. The number of allylic oxidation sites excluding steroid dienone is 1. The fourth-order valence-corrected chi connectivity index (χ4v) is 4.36. The van der Waals surface area contributed by atoms with Crippen molar-refractivity contribution in [1.29, 1.82) is 0 Å². The first kappa shape index (κ1) is 21.4. The first-order chi connectivity index (χ1) is 14.9. The highest BCUT2D eigenvalue weighted by Crippen LogP contribution is 2.36. The molecular weight excluding hydrogens is 420 g/mol. The van der Waals surface area contributed by atoms with E-state index in [2.05, 4.69) is 5.32 Å². The van der Waals surface area contributed by atoms with Gasteiger partial charge in [-0.1, -0.05) is 18.2 Å². The maximum absolute atomic E-state index is 14.7. The summed E-state index contributed by atoms with van der Waals surface area (Å²) in [6, 6.07) is 10.3. The molecule has 0 saturated carbocycles. The molecule has 2 aliphatic heterocycles. The molecule has 1 fully saturated rings. The third kappa shape index (κ3) is 4.18. The molecule has 5 nitrogen and oxygen atoms in total. The fourth-order valence-electron chi connectivity index (χ4n) is 4.00. The van der Waals surface area contributed by atoms with Gasteiger partial charge in [-0.3, -0.25) is 9.69 Å². The van der Waals surface area contributed by atoms with Gasteiger partial charge < -0.3 is 15.0 Å². The van der Waals surface area contributed by atoms with Crippen LogP contribution in [0.25, 0.3) is 0 Å². The van der Waals surface area contributed by atoms with E-state index in [0.29, 0.717) is 42.7 Å². The molecule has 2 aromatic rings. The van der Waals surface area contributed by atoms with Gasteiger partial charge in [-0.15, -0.1) is 0 Å². The summed E-state index contributed by atoms with van der Waals surface area (Å²) in [5.74, 6) is -1.63. The van der Waals surface area contributed by atoms with Crippen LogP contribution in [0.2, 0.25) is 0 Å². The van der Waals surface area contributed by atoms with E-state index >= 15 is 0 Å². The number of ether oxygens (including phenoxy) is 1. The van der Waals surface area contributed by atoms with Crippen molar-refractivity contribution in [3.05, 3.63) is 76.5 Å². The zero-order valence-corrected chi connectivity index (χ0v) is 18.1. The van der Waals surface area contributed by atoms with Crippen LogP contribution < -0.4 is 10.2 Å². The third-order valence-electron chi connectivity index (χ3n) is 5.55. The van der Waals surface area contributed by atoms with Crippen LogP contribution in [0.4, 0.5) is 14.5 Å². The molecule has 0 bridgehead atoms. The summed E-state index contributed by atoms with van der Waals surface area (Å²) < 4.78 is 33.6. The highest BCUT2D eigenvalue weighted by atomic mass is 32.1.